The van der Waals surface area contributed by atoms with Gasteiger partial charge in [-0.3, -0.25) is 4.79 Å². The first-order valence-electron chi connectivity index (χ1n) is 7.74. The molecule has 1 aromatic heterocycles. The average Bonchev–Trinajstić information content (AvgIpc) is 3.00. The van der Waals surface area contributed by atoms with Crippen LogP contribution in [0.5, 0.6) is 0 Å². The van der Waals surface area contributed by atoms with Crippen LogP contribution in [0, 0.1) is 0 Å². The quantitative estimate of drug-likeness (QED) is 0.880. The molecule has 0 saturated carbocycles. The molecular weight excluding hydrogens is 296 g/mol. The van der Waals surface area contributed by atoms with Crippen LogP contribution in [0.1, 0.15) is 36.0 Å². The number of aliphatic hydroxyl groups excluding tert-OH is 1. The van der Waals surface area contributed by atoms with Crippen molar-refractivity contribution < 1.29 is 19.2 Å². The van der Waals surface area contributed by atoms with Crippen LogP contribution in [0.4, 0.5) is 0 Å². The first-order valence-corrected chi connectivity index (χ1v) is 7.74. The largest absolute Gasteiger partial charge is 0.388 e. The molecule has 122 valence electrons. The van der Waals surface area contributed by atoms with Crippen molar-refractivity contribution in [1.82, 2.24) is 10.1 Å². The minimum Gasteiger partial charge on any atom is -0.388 e. The Labute approximate surface area is 134 Å². The van der Waals surface area contributed by atoms with Gasteiger partial charge in [0.2, 0.25) is 0 Å². The third-order valence-electron chi connectivity index (χ3n) is 4.00. The van der Waals surface area contributed by atoms with Crippen molar-refractivity contribution >= 4 is 5.91 Å². The maximum Gasteiger partial charge on any atom is 0.256 e. The highest BCUT2D eigenvalue weighted by atomic mass is 16.5. The van der Waals surface area contributed by atoms with Gasteiger partial charge in [0, 0.05) is 31.7 Å². The maximum absolute atomic E-state index is 12.7. The zero-order valence-electron chi connectivity index (χ0n) is 13.0. The molecule has 0 spiro atoms. The molecule has 0 aliphatic carbocycles. The lowest BCUT2D eigenvalue weighted by atomic mass is 9.94. The monoisotopic (exact) mass is 316 g/mol. The minimum absolute atomic E-state index is 0.0276. The molecule has 23 heavy (non-hydrogen) atoms. The Bertz CT molecular complexity index is 650. The number of ether oxygens (including phenoxy) is 1. The van der Waals surface area contributed by atoms with Crippen molar-refractivity contribution in [3.8, 4) is 0 Å². The van der Waals surface area contributed by atoms with Gasteiger partial charge in [-0.25, -0.2) is 0 Å². The molecule has 1 N–H and O–H groups in total. The molecular formula is C17H20N2O4. The molecule has 0 radical (unpaired) electrons. The maximum atomic E-state index is 12.7. The van der Waals surface area contributed by atoms with Crippen LogP contribution in [0.25, 0.3) is 0 Å². The summed E-state index contributed by atoms with van der Waals surface area (Å²) in [5.74, 6) is 0.572. The fourth-order valence-electron chi connectivity index (χ4n) is 2.71. The summed E-state index contributed by atoms with van der Waals surface area (Å²) in [4.78, 5) is 14.4. The number of benzene rings is 1. The average molecular weight is 316 g/mol. The molecule has 1 aromatic carbocycles. The Morgan fingerprint density at radius 3 is 2.78 bits per heavy atom. The SMILES string of the molecule is CCOC(C(=O)N1CC(c2cc(CO)on2)C1)c1ccccc1. The van der Waals surface area contributed by atoms with Gasteiger partial charge >= 0.3 is 0 Å². The van der Waals surface area contributed by atoms with Gasteiger partial charge in [-0.15, -0.1) is 0 Å². The van der Waals surface area contributed by atoms with Crippen LogP contribution in [-0.2, 0) is 16.1 Å². The standard InChI is InChI=1S/C17H20N2O4/c1-2-22-16(12-6-4-3-5-7-12)17(21)19-9-13(10-19)15-8-14(11-20)23-18-15/h3-8,13,16,20H,2,9-11H2,1H3. The summed E-state index contributed by atoms with van der Waals surface area (Å²) in [5, 5.41) is 12.9. The number of aromatic nitrogens is 1. The summed E-state index contributed by atoms with van der Waals surface area (Å²) in [7, 11) is 0. The van der Waals surface area contributed by atoms with Crippen molar-refractivity contribution in [2.75, 3.05) is 19.7 Å². The lowest BCUT2D eigenvalue weighted by molar-refractivity contribution is -0.148. The van der Waals surface area contributed by atoms with Crippen molar-refractivity contribution in [2.24, 2.45) is 0 Å². The summed E-state index contributed by atoms with van der Waals surface area (Å²) in [6.07, 6.45) is -0.563. The summed E-state index contributed by atoms with van der Waals surface area (Å²) in [5.41, 5.74) is 1.65. The molecule has 2 heterocycles. The Kier molecular flexibility index (Phi) is 4.73. The topological polar surface area (TPSA) is 75.8 Å². The molecule has 1 unspecified atom stereocenters. The van der Waals surface area contributed by atoms with Crippen LogP contribution in [0.3, 0.4) is 0 Å². The van der Waals surface area contributed by atoms with Gasteiger partial charge in [0.15, 0.2) is 11.9 Å². The van der Waals surface area contributed by atoms with Crippen LogP contribution < -0.4 is 0 Å². The minimum atomic E-state index is -0.563. The smallest absolute Gasteiger partial charge is 0.256 e. The number of hydrogen-bond donors (Lipinski definition) is 1. The van der Waals surface area contributed by atoms with Crippen LogP contribution in [0.2, 0.25) is 0 Å². The van der Waals surface area contributed by atoms with E-state index in [0.717, 1.165) is 11.3 Å². The predicted octanol–water partition coefficient (Wildman–Crippen LogP) is 1.87. The fourth-order valence-corrected chi connectivity index (χ4v) is 2.71. The second kappa shape index (κ2) is 6.93. The number of rotatable bonds is 6. The highest BCUT2D eigenvalue weighted by Crippen LogP contribution is 2.30. The van der Waals surface area contributed by atoms with Gasteiger partial charge in [0.05, 0.1) is 5.69 Å². The van der Waals surface area contributed by atoms with Crippen molar-refractivity contribution in [2.45, 2.75) is 25.6 Å². The lowest BCUT2D eigenvalue weighted by Gasteiger charge is -2.40. The normalized spacial score (nSPS) is 16.2. The molecule has 1 saturated heterocycles. The van der Waals surface area contributed by atoms with Gasteiger partial charge in [-0.2, -0.15) is 0 Å². The number of likely N-dealkylation sites (tertiary alicyclic amines) is 1. The van der Waals surface area contributed by atoms with E-state index < -0.39 is 6.10 Å². The molecule has 6 nitrogen and oxygen atoms in total. The van der Waals surface area contributed by atoms with Crippen molar-refractivity contribution in [3.63, 3.8) is 0 Å². The van der Waals surface area contributed by atoms with Gasteiger partial charge < -0.3 is 19.3 Å². The number of carbonyl (C=O) groups excluding carboxylic acids is 1. The molecule has 1 amide bonds. The number of nitrogens with zero attached hydrogens (tertiary/aromatic N) is 2. The van der Waals surface area contributed by atoms with E-state index in [1.807, 2.05) is 37.3 Å². The van der Waals surface area contributed by atoms with E-state index in [0.29, 0.717) is 25.5 Å². The lowest BCUT2D eigenvalue weighted by Crippen LogP contribution is -2.50. The van der Waals surface area contributed by atoms with E-state index in [2.05, 4.69) is 5.16 Å². The second-order valence-corrected chi connectivity index (χ2v) is 5.56. The number of aliphatic hydroxyl groups is 1. The first-order chi connectivity index (χ1) is 11.2. The molecule has 1 atom stereocenters. The highest BCUT2D eigenvalue weighted by molar-refractivity contribution is 5.83. The predicted molar refractivity (Wildman–Crippen MR) is 82.6 cm³/mol. The Morgan fingerprint density at radius 2 is 2.17 bits per heavy atom. The molecule has 1 fully saturated rings. The van der Waals surface area contributed by atoms with E-state index in [1.54, 1.807) is 11.0 Å². The van der Waals surface area contributed by atoms with Crippen molar-refractivity contribution in [3.05, 3.63) is 53.4 Å². The van der Waals surface area contributed by atoms with E-state index in [1.165, 1.54) is 0 Å². The Balaban J connectivity index is 1.64. The van der Waals surface area contributed by atoms with Crippen molar-refractivity contribution in [1.29, 1.82) is 0 Å². The third-order valence-corrected chi connectivity index (χ3v) is 4.00. The van der Waals surface area contributed by atoms with Crippen LogP contribution in [-0.4, -0.2) is 40.8 Å². The van der Waals surface area contributed by atoms with Gasteiger partial charge in [0.1, 0.15) is 6.61 Å². The summed E-state index contributed by atoms with van der Waals surface area (Å²) < 4.78 is 10.6. The van der Waals surface area contributed by atoms with E-state index in [-0.39, 0.29) is 18.4 Å². The van der Waals surface area contributed by atoms with Gasteiger partial charge in [-0.05, 0) is 12.5 Å². The number of carbonyl (C=O) groups is 1. The second-order valence-electron chi connectivity index (χ2n) is 5.56. The third kappa shape index (κ3) is 3.28. The van der Waals surface area contributed by atoms with Crippen LogP contribution >= 0.6 is 0 Å². The summed E-state index contributed by atoms with van der Waals surface area (Å²) >= 11 is 0. The highest BCUT2D eigenvalue weighted by Gasteiger charge is 2.37. The molecule has 6 heteroatoms. The number of hydrogen-bond acceptors (Lipinski definition) is 5. The van der Waals surface area contributed by atoms with Crippen LogP contribution in [0.15, 0.2) is 40.9 Å². The molecule has 0 bridgehead atoms. The zero-order chi connectivity index (χ0) is 16.2. The Hall–Kier alpha value is -2.18. The molecule has 2 aromatic rings. The molecule has 3 rings (SSSR count). The van der Waals surface area contributed by atoms with E-state index in [4.69, 9.17) is 14.4 Å². The van der Waals surface area contributed by atoms with E-state index in [9.17, 15) is 4.79 Å². The zero-order valence-corrected chi connectivity index (χ0v) is 13.0. The summed E-state index contributed by atoms with van der Waals surface area (Å²) in [6.45, 7) is 3.38. The molecule has 1 aliphatic heterocycles. The van der Waals surface area contributed by atoms with Gasteiger partial charge in [-0.1, -0.05) is 35.5 Å². The number of amides is 1. The molecule has 1 aliphatic rings. The van der Waals surface area contributed by atoms with E-state index >= 15 is 0 Å². The Morgan fingerprint density at radius 1 is 1.43 bits per heavy atom. The first kappa shape index (κ1) is 15.7. The van der Waals surface area contributed by atoms with Gasteiger partial charge in [0.25, 0.3) is 5.91 Å². The fraction of sp³-hybridized carbons (Fsp3) is 0.412. The summed E-state index contributed by atoms with van der Waals surface area (Å²) in [6, 6.07) is 11.3.